The van der Waals surface area contributed by atoms with Crippen molar-refractivity contribution in [3.63, 3.8) is 0 Å². The molecule has 0 saturated carbocycles. The number of nitrogens with one attached hydrogen (secondary N) is 1. The number of nitrogens with zero attached hydrogens (tertiary/aromatic N) is 3. The number of piperazine rings is 1. The van der Waals surface area contributed by atoms with Crippen molar-refractivity contribution in [2.24, 2.45) is 5.92 Å². The van der Waals surface area contributed by atoms with E-state index in [1.165, 1.54) is 22.8 Å². The van der Waals surface area contributed by atoms with Gasteiger partial charge >= 0.3 is 0 Å². The van der Waals surface area contributed by atoms with Crippen LogP contribution in [0.5, 0.6) is 5.75 Å². The molecule has 1 aliphatic heterocycles. The van der Waals surface area contributed by atoms with Crippen molar-refractivity contribution in [1.29, 1.82) is 0 Å². The number of anilines is 2. The number of hydrogen-bond donors (Lipinski definition) is 2. The molecule has 4 rings (SSSR count). The minimum atomic E-state index is -0.720. The molecule has 0 unspecified atom stereocenters. The predicted molar refractivity (Wildman–Crippen MR) is 136 cm³/mol. The van der Waals surface area contributed by atoms with E-state index >= 15 is 0 Å². The van der Waals surface area contributed by atoms with Crippen LogP contribution in [0.2, 0.25) is 0 Å². The van der Waals surface area contributed by atoms with Crippen LogP contribution in [-0.4, -0.2) is 53.7 Å². The first-order valence-electron chi connectivity index (χ1n) is 11.1. The molecule has 1 saturated heterocycles. The first-order valence-corrected chi connectivity index (χ1v) is 11.1. The molecular formula is C25H30ClFN4O3. The molecule has 34 heavy (non-hydrogen) atoms. The van der Waals surface area contributed by atoms with E-state index in [2.05, 4.69) is 10.2 Å². The molecule has 0 bridgehead atoms. The number of fused-ring (bicyclic) bond motifs is 1. The molecule has 7 nitrogen and oxygen atoms in total. The summed E-state index contributed by atoms with van der Waals surface area (Å²) in [5, 5.41) is 14.1. The highest BCUT2D eigenvalue weighted by Crippen LogP contribution is 2.31. The topological polar surface area (TPSA) is 77.8 Å². The zero-order valence-corrected chi connectivity index (χ0v) is 20.4. The summed E-state index contributed by atoms with van der Waals surface area (Å²) in [6.07, 6.45) is 0. The predicted octanol–water partition coefficient (Wildman–Crippen LogP) is 3.93. The van der Waals surface area contributed by atoms with Crippen LogP contribution >= 0.6 is 12.4 Å². The highest BCUT2D eigenvalue weighted by Gasteiger charge is 2.25. The Morgan fingerprint density at radius 3 is 2.47 bits per heavy atom. The molecule has 9 heteroatoms. The molecule has 2 aromatic carbocycles. The fourth-order valence-electron chi connectivity index (χ4n) is 4.24. The number of para-hydroxylation sites is 1. The fraction of sp³-hybridized carbons (Fsp3) is 0.360. The number of halogens is 2. The Morgan fingerprint density at radius 1 is 1.12 bits per heavy atom. The lowest BCUT2D eigenvalue weighted by Crippen LogP contribution is -2.44. The summed E-state index contributed by atoms with van der Waals surface area (Å²) in [6, 6.07) is 11.1. The third-order valence-corrected chi connectivity index (χ3v) is 5.97. The van der Waals surface area contributed by atoms with Crippen LogP contribution in [0.4, 0.5) is 15.8 Å². The van der Waals surface area contributed by atoms with Gasteiger partial charge in [-0.1, -0.05) is 26.0 Å². The minimum Gasteiger partial charge on any atom is -0.506 e. The lowest BCUT2D eigenvalue weighted by Gasteiger charge is -2.35. The van der Waals surface area contributed by atoms with E-state index in [9.17, 15) is 19.1 Å². The number of carbonyl (C=O) groups is 1. The maximum absolute atomic E-state index is 14.1. The lowest BCUT2D eigenvalue weighted by atomic mass is 10.1. The summed E-state index contributed by atoms with van der Waals surface area (Å²) in [5.74, 6) is -1.32. The van der Waals surface area contributed by atoms with Crippen LogP contribution in [0.3, 0.4) is 0 Å². The average Bonchev–Trinajstić information content (AvgIpc) is 2.78. The highest BCUT2D eigenvalue weighted by atomic mass is 35.5. The number of aromatic hydroxyl groups is 1. The van der Waals surface area contributed by atoms with Gasteiger partial charge in [-0.05, 0) is 43.3 Å². The number of pyridine rings is 1. The van der Waals surface area contributed by atoms with Crippen molar-refractivity contribution in [3.05, 3.63) is 64.2 Å². The van der Waals surface area contributed by atoms with Crippen LogP contribution in [0.1, 0.15) is 24.2 Å². The number of likely N-dealkylation sites (N-methyl/N-ethyl adjacent to an activating group) is 1. The van der Waals surface area contributed by atoms with E-state index in [4.69, 9.17) is 0 Å². The summed E-state index contributed by atoms with van der Waals surface area (Å²) >= 11 is 0. The first kappa shape index (κ1) is 25.5. The molecule has 0 aliphatic carbocycles. The Hall–Kier alpha value is -3.10. The summed E-state index contributed by atoms with van der Waals surface area (Å²) in [4.78, 5) is 30.8. The average molecular weight is 489 g/mol. The van der Waals surface area contributed by atoms with Gasteiger partial charge in [-0.15, -0.1) is 12.4 Å². The third kappa shape index (κ3) is 5.03. The second-order valence-electron chi connectivity index (χ2n) is 8.96. The quantitative estimate of drug-likeness (QED) is 0.569. The number of rotatable bonds is 5. The monoisotopic (exact) mass is 488 g/mol. The Labute approximate surface area is 204 Å². The van der Waals surface area contributed by atoms with Crippen LogP contribution in [0.25, 0.3) is 10.9 Å². The molecule has 0 spiro atoms. The second-order valence-corrected chi connectivity index (χ2v) is 8.96. The van der Waals surface area contributed by atoms with Crippen LogP contribution in [0, 0.1) is 11.7 Å². The Kier molecular flexibility index (Phi) is 7.84. The largest absolute Gasteiger partial charge is 0.506 e. The number of carbonyl (C=O) groups excluding carboxylic acids is 1. The van der Waals surface area contributed by atoms with Crippen molar-refractivity contribution in [1.82, 2.24) is 9.47 Å². The van der Waals surface area contributed by atoms with Crippen molar-refractivity contribution >= 4 is 40.6 Å². The van der Waals surface area contributed by atoms with E-state index in [0.717, 1.165) is 13.1 Å². The smallest absolute Gasteiger partial charge is 0.267 e. The van der Waals surface area contributed by atoms with E-state index < -0.39 is 17.3 Å². The molecule has 3 aromatic rings. The molecule has 1 aromatic heterocycles. The lowest BCUT2D eigenvalue weighted by molar-refractivity contribution is 0.102. The van der Waals surface area contributed by atoms with E-state index in [1.807, 2.05) is 25.8 Å². The molecule has 182 valence electrons. The van der Waals surface area contributed by atoms with Gasteiger partial charge in [0.2, 0.25) is 0 Å². The first-order chi connectivity index (χ1) is 15.8. The van der Waals surface area contributed by atoms with E-state index in [0.29, 0.717) is 41.9 Å². The summed E-state index contributed by atoms with van der Waals surface area (Å²) in [5.41, 5.74) is 0.654. The molecule has 2 heterocycles. The summed E-state index contributed by atoms with van der Waals surface area (Å²) in [6.45, 7) is 7.37. The molecule has 0 atom stereocenters. The van der Waals surface area contributed by atoms with Gasteiger partial charge in [0.25, 0.3) is 11.5 Å². The van der Waals surface area contributed by atoms with Gasteiger partial charge in [0, 0.05) is 38.1 Å². The SMILES string of the molecule is CC(C)Cn1c(=O)c(C(=O)Nc2ccc(F)cc2N2CCN(C)CC2)c(O)c2ccccc21.Cl. The summed E-state index contributed by atoms with van der Waals surface area (Å²) < 4.78 is 15.6. The van der Waals surface area contributed by atoms with E-state index in [-0.39, 0.29) is 29.6 Å². The number of aromatic nitrogens is 1. The van der Waals surface area contributed by atoms with E-state index in [1.54, 1.807) is 24.3 Å². The normalized spacial score (nSPS) is 14.3. The van der Waals surface area contributed by atoms with Crippen molar-refractivity contribution in [2.45, 2.75) is 20.4 Å². The van der Waals surface area contributed by atoms with Gasteiger partial charge in [-0.2, -0.15) is 0 Å². The Bertz CT molecular complexity index is 1250. The standard InChI is InChI=1S/C25H29FN4O3.ClH/c1-16(2)15-30-20-7-5-4-6-18(20)23(31)22(25(30)33)24(32)27-19-9-8-17(26)14-21(19)29-12-10-28(3)11-13-29;/h4-9,14,16,31H,10-13,15H2,1-3H3,(H,27,32);1H. The maximum atomic E-state index is 14.1. The molecule has 1 amide bonds. The zero-order valence-electron chi connectivity index (χ0n) is 19.5. The van der Waals surface area contributed by atoms with Gasteiger partial charge in [0.1, 0.15) is 17.1 Å². The van der Waals surface area contributed by atoms with Crippen LogP contribution < -0.4 is 15.8 Å². The van der Waals surface area contributed by atoms with Crippen molar-refractivity contribution in [3.8, 4) is 5.75 Å². The molecule has 1 fully saturated rings. The van der Waals surface area contributed by atoms with Gasteiger partial charge in [0.05, 0.1) is 16.9 Å². The van der Waals surface area contributed by atoms with Crippen LogP contribution in [0.15, 0.2) is 47.3 Å². The number of amides is 1. The number of hydrogen-bond acceptors (Lipinski definition) is 5. The molecule has 2 N–H and O–H groups in total. The maximum Gasteiger partial charge on any atom is 0.267 e. The van der Waals surface area contributed by atoms with Gasteiger partial charge in [0.15, 0.2) is 0 Å². The summed E-state index contributed by atoms with van der Waals surface area (Å²) in [7, 11) is 2.02. The second kappa shape index (κ2) is 10.4. The van der Waals surface area contributed by atoms with Gasteiger partial charge < -0.3 is 24.8 Å². The van der Waals surface area contributed by atoms with Crippen molar-refractivity contribution in [2.75, 3.05) is 43.4 Å². The van der Waals surface area contributed by atoms with Gasteiger partial charge in [-0.3, -0.25) is 9.59 Å². The molecular weight excluding hydrogens is 459 g/mol. The fourth-order valence-corrected chi connectivity index (χ4v) is 4.24. The molecule has 1 aliphatic rings. The Morgan fingerprint density at radius 2 is 1.79 bits per heavy atom. The zero-order chi connectivity index (χ0) is 23.7. The van der Waals surface area contributed by atoms with Gasteiger partial charge in [-0.25, -0.2) is 4.39 Å². The third-order valence-electron chi connectivity index (χ3n) is 5.97. The Balaban J connectivity index is 0.00000324. The van der Waals surface area contributed by atoms with Crippen molar-refractivity contribution < 1.29 is 14.3 Å². The highest BCUT2D eigenvalue weighted by molar-refractivity contribution is 6.10. The minimum absolute atomic E-state index is 0. The molecule has 0 radical (unpaired) electrons. The number of benzene rings is 2. The van der Waals surface area contributed by atoms with Crippen LogP contribution in [-0.2, 0) is 6.54 Å².